The average Bonchev–Trinajstić information content (AvgIpc) is 2.70. The van der Waals surface area contributed by atoms with Crippen LogP contribution in [0.1, 0.15) is 26.0 Å². The number of aryl methyl sites for hydroxylation is 1. The van der Waals surface area contributed by atoms with Gasteiger partial charge in [-0.15, -0.1) is 0 Å². The van der Waals surface area contributed by atoms with Gasteiger partial charge in [-0.2, -0.15) is 0 Å². The zero-order valence-electron chi connectivity index (χ0n) is 16.3. The van der Waals surface area contributed by atoms with Gasteiger partial charge in [0, 0.05) is 17.4 Å². The van der Waals surface area contributed by atoms with Crippen molar-refractivity contribution in [3.63, 3.8) is 0 Å². The van der Waals surface area contributed by atoms with Crippen molar-refractivity contribution in [1.82, 2.24) is 9.97 Å². The van der Waals surface area contributed by atoms with Crippen LogP contribution in [0.4, 0.5) is 5.69 Å². The second-order valence-electron chi connectivity index (χ2n) is 6.48. The Bertz CT molecular complexity index is 1000. The fourth-order valence-electron chi connectivity index (χ4n) is 2.62. The summed E-state index contributed by atoms with van der Waals surface area (Å²) in [4.78, 5) is 31.4. The Morgan fingerprint density at radius 1 is 1.14 bits per heavy atom. The normalized spacial score (nSPS) is 11.7. The molecule has 0 aliphatic heterocycles. The van der Waals surface area contributed by atoms with E-state index in [1.165, 1.54) is 17.8 Å². The molecule has 0 saturated carbocycles. The molecule has 1 heterocycles. The van der Waals surface area contributed by atoms with Crippen molar-refractivity contribution >= 4 is 23.4 Å². The van der Waals surface area contributed by atoms with Gasteiger partial charge in [-0.25, -0.2) is 4.98 Å². The van der Waals surface area contributed by atoms with E-state index in [1.807, 2.05) is 37.3 Å². The van der Waals surface area contributed by atoms with Crippen molar-refractivity contribution in [2.75, 3.05) is 5.32 Å². The highest BCUT2D eigenvalue weighted by Crippen LogP contribution is 2.24. The van der Waals surface area contributed by atoms with Crippen molar-refractivity contribution in [1.29, 1.82) is 0 Å². The van der Waals surface area contributed by atoms with Gasteiger partial charge in [0.05, 0.1) is 5.25 Å². The maximum absolute atomic E-state index is 12.5. The highest BCUT2D eigenvalue weighted by atomic mass is 32.2. The Balaban J connectivity index is 1.59. The van der Waals surface area contributed by atoms with E-state index >= 15 is 0 Å². The van der Waals surface area contributed by atoms with Crippen LogP contribution >= 0.6 is 11.8 Å². The molecule has 0 spiro atoms. The Morgan fingerprint density at radius 3 is 2.52 bits per heavy atom. The number of hydrogen-bond donors (Lipinski definition) is 2. The van der Waals surface area contributed by atoms with E-state index in [9.17, 15) is 9.59 Å². The van der Waals surface area contributed by atoms with Crippen LogP contribution in [0.3, 0.4) is 0 Å². The number of nitrogens with one attached hydrogen (secondary N) is 2. The SMILES string of the molecule is CCCc1cc(=O)[nH]c(S[C@H](C)C(=O)Nc2ccc(Oc3ccccc3)cc2)n1. The lowest BCUT2D eigenvalue weighted by Crippen LogP contribution is -2.23. The fraction of sp³-hybridized carbons (Fsp3) is 0.227. The first-order chi connectivity index (χ1) is 14.0. The van der Waals surface area contributed by atoms with E-state index < -0.39 is 5.25 Å². The molecular weight excluding hydrogens is 386 g/mol. The highest BCUT2D eigenvalue weighted by Gasteiger charge is 2.16. The Labute approximate surface area is 173 Å². The number of para-hydroxylation sites is 1. The summed E-state index contributed by atoms with van der Waals surface area (Å²) in [5.41, 5.74) is 1.21. The predicted octanol–water partition coefficient (Wildman–Crippen LogP) is 4.63. The zero-order chi connectivity index (χ0) is 20.6. The molecule has 1 amide bonds. The van der Waals surface area contributed by atoms with Crippen LogP contribution in [-0.4, -0.2) is 21.1 Å². The second kappa shape index (κ2) is 9.93. The molecule has 2 aromatic carbocycles. The molecule has 0 aliphatic rings. The van der Waals surface area contributed by atoms with Gasteiger partial charge in [-0.05, 0) is 49.7 Å². The van der Waals surface area contributed by atoms with Gasteiger partial charge in [0.25, 0.3) is 5.56 Å². The monoisotopic (exact) mass is 409 g/mol. The number of carbonyl (C=O) groups excluding carboxylic acids is 1. The molecule has 3 aromatic rings. The Hall–Kier alpha value is -3.06. The van der Waals surface area contributed by atoms with Crippen LogP contribution in [-0.2, 0) is 11.2 Å². The van der Waals surface area contributed by atoms with Crippen LogP contribution in [0.2, 0.25) is 0 Å². The zero-order valence-corrected chi connectivity index (χ0v) is 17.2. The van der Waals surface area contributed by atoms with Gasteiger partial charge in [-0.1, -0.05) is 43.3 Å². The van der Waals surface area contributed by atoms with E-state index in [0.29, 0.717) is 16.6 Å². The van der Waals surface area contributed by atoms with Crippen LogP contribution in [0, 0.1) is 0 Å². The van der Waals surface area contributed by atoms with Crippen LogP contribution < -0.4 is 15.6 Å². The molecule has 29 heavy (non-hydrogen) atoms. The number of amides is 1. The lowest BCUT2D eigenvalue weighted by atomic mass is 10.2. The third kappa shape index (κ3) is 6.22. The maximum atomic E-state index is 12.5. The molecule has 1 atom stereocenters. The van der Waals surface area contributed by atoms with Gasteiger partial charge in [0.15, 0.2) is 5.16 Å². The first-order valence-corrected chi connectivity index (χ1v) is 10.3. The van der Waals surface area contributed by atoms with E-state index in [1.54, 1.807) is 31.2 Å². The molecule has 0 saturated heterocycles. The Morgan fingerprint density at radius 2 is 1.83 bits per heavy atom. The fourth-order valence-corrected chi connectivity index (χ4v) is 3.45. The van der Waals surface area contributed by atoms with Crippen LogP contribution in [0.25, 0.3) is 0 Å². The largest absolute Gasteiger partial charge is 0.457 e. The number of carbonyl (C=O) groups is 1. The smallest absolute Gasteiger partial charge is 0.251 e. The van der Waals surface area contributed by atoms with Gasteiger partial charge >= 0.3 is 0 Å². The third-order valence-corrected chi connectivity index (χ3v) is 5.02. The summed E-state index contributed by atoms with van der Waals surface area (Å²) in [6, 6.07) is 18.2. The number of rotatable bonds is 8. The molecule has 0 unspecified atom stereocenters. The maximum Gasteiger partial charge on any atom is 0.251 e. The standard InChI is InChI=1S/C22H23N3O3S/c1-3-7-17-14-20(26)25-22(24-17)29-15(2)21(27)23-16-10-12-19(13-11-16)28-18-8-5-4-6-9-18/h4-6,8-15H,3,7H2,1-2H3,(H,23,27)(H,24,25,26)/t15-/m1/s1. The summed E-state index contributed by atoms with van der Waals surface area (Å²) in [6.07, 6.45) is 1.63. The lowest BCUT2D eigenvalue weighted by molar-refractivity contribution is -0.115. The lowest BCUT2D eigenvalue weighted by Gasteiger charge is -2.12. The van der Waals surface area contributed by atoms with Crippen molar-refractivity contribution in [3.05, 3.63) is 76.7 Å². The molecule has 7 heteroatoms. The molecule has 3 rings (SSSR count). The predicted molar refractivity (Wildman–Crippen MR) is 116 cm³/mol. The van der Waals surface area contributed by atoms with Crippen LogP contribution in [0.5, 0.6) is 11.5 Å². The minimum Gasteiger partial charge on any atom is -0.457 e. The second-order valence-corrected chi connectivity index (χ2v) is 7.81. The molecule has 0 radical (unpaired) electrons. The number of aromatic nitrogens is 2. The topological polar surface area (TPSA) is 84.1 Å². The average molecular weight is 410 g/mol. The van der Waals surface area contributed by atoms with Crippen LogP contribution in [0.15, 0.2) is 70.6 Å². The summed E-state index contributed by atoms with van der Waals surface area (Å²) in [7, 11) is 0. The molecule has 2 N–H and O–H groups in total. The summed E-state index contributed by atoms with van der Waals surface area (Å²) < 4.78 is 5.75. The number of H-pyrrole nitrogens is 1. The van der Waals surface area contributed by atoms with E-state index in [0.717, 1.165) is 24.3 Å². The molecule has 6 nitrogen and oxygen atoms in total. The number of anilines is 1. The highest BCUT2D eigenvalue weighted by molar-refractivity contribution is 8.00. The third-order valence-electron chi connectivity index (χ3n) is 4.04. The van der Waals surface area contributed by atoms with Gasteiger partial charge < -0.3 is 15.0 Å². The summed E-state index contributed by atoms with van der Waals surface area (Å²) in [5, 5.41) is 2.91. The molecule has 0 fully saturated rings. The van der Waals surface area contributed by atoms with E-state index in [-0.39, 0.29) is 11.5 Å². The minimum absolute atomic E-state index is 0.171. The van der Waals surface area contributed by atoms with Crippen molar-refractivity contribution in [2.24, 2.45) is 0 Å². The molecular formula is C22H23N3O3S. The summed E-state index contributed by atoms with van der Waals surface area (Å²) in [5.74, 6) is 1.27. The number of aromatic amines is 1. The summed E-state index contributed by atoms with van der Waals surface area (Å²) >= 11 is 1.23. The number of thioether (sulfide) groups is 1. The number of benzene rings is 2. The minimum atomic E-state index is -0.421. The van der Waals surface area contributed by atoms with Crippen molar-refractivity contribution in [3.8, 4) is 11.5 Å². The van der Waals surface area contributed by atoms with Gasteiger partial charge in [0.1, 0.15) is 11.5 Å². The van der Waals surface area contributed by atoms with Gasteiger partial charge in [-0.3, -0.25) is 9.59 Å². The number of hydrogen-bond acceptors (Lipinski definition) is 5. The first-order valence-electron chi connectivity index (χ1n) is 9.44. The summed E-state index contributed by atoms with van der Waals surface area (Å²) in [6.45, 7) is 3.81. The molecule has 0 aliphatic carbocycles. The Kier molecular flexibility index (Phi) is 7.08. The van der Waals surface area contributed by atoms with Crippen molar-refractivity contribution in [2.45, 2.75) is 37.1 Å². The number of ether oxygens (including phenoxy) is 1. The number of nitrogens with zero attached hydrogens (tertiary/aromatic N) is 1. The quantitative estimate of drug-likeness (QED) is 0.418. The van der Waals surface area contributed by atoms with E-state index in [2.05, 4.69) is 15.3 Å². The molecule has 1 aromatic heterocycles. The van der Waals surface area contributed by atoms with E-state index in [4.69, 9.17) is 4.74 Å². The van der Waals surface area contributed by atoms with Gasteiger partial charge in [0.2, 0.25) is 5.91 Å². The first kappa shape index (κ1) is 20.7. The molecule has 150 valence electrons. The molecule has 0 bridgehead atoms. The van der Waals surface area contributed by atoms with Crippen molar-refractivity contribution < 1.29 is 9.53 Å².